The Kier molecular flexibility index (Phi) is 6.06. The second-order valence-corrected chi connectivity index (χ2v) is 7.19. The summed E-state index contributed by atoms with van der Waals surface area (Å²) in [6.07, 6.45) is -7.08. The first-order chi connectivity index (χ1) is 14.1. The van der Waals surface area contributed by atoms with Crippen molar-refractivity contribution in [1.82, 2.24) is 4.90 Å². The van der Waals surface area contributed by atoms with Gasteiger partial charge < -0.3 is 44.8 Å². The molecule has 2 aliphatic heterocycles. The molecule has 0 amide bonds. The number of nitrogens with zero attached hydrogens (tertiary/aromatic N) is 1. The summed E-state index contributed by atoms with van der Waals surface area (Å²) >= 11 is 0. The number of carbonyl (C=O) groups excluding carboxylic acids is 1. The van der Waals surface area contributed by atoms with Crippen LogP contribution in [0.4, 0.5) is 0 Å². The molecule has 1 fully saturated rings. The first kappa shape index (κ1) is 22.1. The van der Waals surface area contributed by atoms with E-state index in [2.05, 4.69) is 0 Å². The Balaban J connectivity index is 2.18. The van der Waals surface area contributed by atoms with Crippen LogP contribution >= 0.6 is 0 Å². The third kappa shape index (κ3) is 3.52. The Morgan fingerprint density at radius 1 is 1.20 bits per heavy atom. The predicted octanol–water partition coefficient (Wildman–Crippen LogP) is -1.68. The van der Waals surface area contributed by atoms with Crippen LogP contribution in [0.1, 0.15) is 27.6 Å². The fraction of sp³-hybridized carbons (Fsp3) is 0.556. The number of aromatic hydroxyl groups is 2. The van der Waals surface area contributed by atoms with E-state index in [0.717, 1.165) is 0 Å². The van der Waals surface area contributed by atoms with E-state index >= 15 is 0 Å². The molecule has 30 heavy (non-hydrogen) atoms. The second kappa shape index (κ2) is 8.24. The number of aliphatic hydroxyl groups excluding tert-OH is 3. The summed E-state index contributed by atoms with van der Waals surface area (Å²) < 4.78 is 15.9. The van der Waals surface area contributed by atoms with Gasteiger partial charge in [0.1, 0.15) is 24.4 Å². The molecule has 12 heteroatoms. The third-order valence-corrected chi connectivity index (χ3v) is 5.18. The van der Waals surface area contributed by atoms with Gasteiger partial charge >= 0.3 is 11.9 Å². The maximum atomic E-state index is 12.8. The second-order valence-electron chi connectivity index (χ2n) is 7.19. The number of fused-ring (bicyclic) bond motifs is 3. The number of aliphatic hydroxyl groups is 3. The number of likely N-dealkylation sites (N-methyl/N-ethyl adjacent to an activating group) is 1. The van der Waals surface area contributed by atoms with Crippen molar-refractivity contribution in [3.05, 3.63) is 16.7 Å². The van der Waals surface area contributed by atoms with E-state index in [9.17, 15) is 35.1 Å². The zero-order valence-electron chi connectivity index (χ0n) is 16.2. The highest BCUT2D eigenvalue weighted by atomic mass is 16.6. The normalized spacial score (nSPS) is 27.9. The fourth-order valence-corrected chi connectivity index (χ4v) is 3.82. The van der Waals surface area contributed by atoms with Gasteiger partial charge in [-0.3, -0.25) is 9.69 Å². The van der Waals surface area contributed by atoms with E-state index in [1.165, 1.54) is 19.1 Å². The molecular weight excluding hydrogens is 406 g/mol. The van der Waals surface area contributed by atoms with E-state index in [0.29, 0.717) is 0 Å². The van der Waals surface area contributed by atoms with Gasteiger partial charge in [-0.15, -0.1) is 0 Å². The topological polar surface area (TPSA) is 186 Å². The molecule has 0 saturated carbocycles. The van der Waals surface area contributed by atoms with Crippen LogP contribution in [0, 0.1) is 0 Å². The largest absolute Gasteiger partial charge is 0.504 e. The van der Waals surface area contributed by atoms with Crippen molar-refractivity contribution < 1.29 is 54.4 Å². The Morgan fingerprint density at radius 3 is 2.43 bits per heavy atom. The van der Waals surface area contributed by atoms with Gasteiger partial charge in [-0.05, 0) is 7.05 Å². The third-order valence-electron chi connectivity index (χ3n) is 5.18. The van der Waals surface area contributed by atoms with Crippen molar-refractivity contribution >= 4 is 11.9 Å². The number of benzene rings is 1. The van der Waals surface area contributed by atoms with Gasteiger partial charge in [-0.1, -0.05) is 0 Å². The number of rotatable bonds is 6. The summed E-state index contributed by atoms with van der Waals surface area (Å²) in [5.74, 6) is -3.77. The van der Waals surface area contributed by atoms with E-state index in [1.54, 1.807) is 0 Å². The maximum Gasteiger partial charge on any atom is 0.339 e. The van der Waals surface area contributed by atoms with Crippen LogP contribution in [0.15, 0.2) is 0 Å². The molecule has 0 radical (unpaired) electrons. The average Bonchev–Trinajstić information content (AvgIpc) is 2.67. The number of carboxylic acids is 1. The highest BCUT2D eigenvalue weighted by Crippen LogP contribution is 2.52. The molecule has 0 unspecified atom stereocenters. The van der Waals surface area contributed by atoms with Gasteiger partial charge in [-0.2, -0.15) is 0 Å². The molecule has 2 heterocycles. The minimum absolute atomic E-state index is 0.0726. The van der Waals surface area contributed by atoms with E-state index < -0.39 is 67.1 Å². The van der Waals surface area contributed by atoms with Crippen molar-refractivity contribution in [3.8, 4) is 17.2 Å². The number of phenolic OH excluding ortho intramolecular Hbond substituents is 2. The highest BCUT2D eigenvalue weighted by molar-refractivity contribution is 5.97. The van der Waals surface area contributed by atoms with Crippen LogP contribution in [-0.2, 0) is 20.8 Å². The van der Waals surface area contributed by atoms with Crippen LogP contribution in [0.25, 0.3) is 0 Å². The summed E-state index contributed by atoms with van der Waals surface area (Å²) in [5.41, 5.74) is -0.504. The fourth-order valence-electron chi connectivity index (χ4n) is 3.82. The van der Waals surface area contributed by atoms with Crippen molar-refractivity contribution in [2.75, 3.05) is 27.3 Å². The van der Waals surface area contributed by atoms with Crippen molar-refractivity contribution in [2.45, 2.75) is 37.1 Å². The Hall–Kier alpha value is -2.64. The lowest BCUT2D eigenvalue weighted by atomic mass is 9.84. The smallest absolute Gasteiger partial charge is 0.339 e. The molecule has 1 saturated heterocycles. The van der Waals surface area contributed by atoms with Gasteiger partial charge in [0, 0.05) is 17.7 Å². The molecule has 166 valence electrons. The molecular formula is C18H23NO11. The monoisotopic (exact) mass is 429 g/mol. The number of methoxy groups -OCH3 is 1. The molecule has 6 N–H and O–H groups in total. The lowest BCUT2D eigenvalue weighted by Gasteiger charge is -2.45. The van der Waals surface area contributed by atoms with E-state index in [4.69, 9.17) is 19.3 Å². The summed E-state index contributed by atoms with van der Waals surface area (Å²) in [5, 5.41) is 60.1. The number of aliphatic carboxylic acids is 1. The zero-order valence-corrected chi connectivity index (χ0v) is 16.2. The van der Waals surface area contributed by atoms with Crippen LogP contribution in [0.2, 0.25) is 0 Å². The van der Waals surface area contributed by atoms with Crippen LogP contribution in [0.3, 0.4) is 0 Å². The van der Waals surface area contributed by atoms with E-state index in [-0.39, 0.29) is 29.0 Å². The van der Waals surface area contributed by atoms with Gasteiger partial charge in [0.25, 0.3) is 0 Å². The number of hydrogen-bond donors (Lipinski definition) is 6. The summed E-state index contributed by atoms with van der Waals surface area (Å²) in [7, 11) is 2.61. The molecule has 0 bridgehead atoms. The molecule has 1 aromatic carbocycles. The summed E-state index contributed by atoms with van der Waals surface area (Å²) in [6, 6.07) is 0. The number of carboxylic acid groups (broad SMARTS) is 1. The van der Waals surface area contributed by atoms with Crippen molar-refractivity contribution in [1.29, 1.82) is 0 Å². The van der Waals surface area contributed by atoms with Crippen LogP contribution in [-0.4, -0.2) is 99.2 Å². The number of phenols is 2. The maximum absolute atomic E-state index is 12.8. The molecule has 5 atom stereocenters. The predicted molar refractivity (Wildman–Crippen MR) is 96.2 cm³/mol. The number of carbonyl (C=O) groups is 2. The molecule has 12 nitrogen and oxygen atoms in total. The number of ether oxygens (including phenoxy) is 3. The molecule has 0 aromatic heterocycles. The average molecular weight is 429 g/mol. The first-order valence-corrected chi connectivity index (χ1v) is 9.00. The van der Waals surface area contributed by atoms with Gasteiger partial charge in [0.2, 0.25) is 5.75 Å². The van der Waals surface area contributed by atoms with Gasteiger partial charge in [-0.25, -0.2) is 4.79 Å². The van der Waals surface area contributed by atoms with Crippen LogP contribution in [0.5, 0.6) is 17.2 Å². The Labute approximate surface area is 170 Å². The molecule has 0 aliphatic carbocycles. The molecule has 1 aromatic rings. The summed E-state index contributed by atoms with van der Waals surface area (Å²) in [4.78, 5) is 25.0. The number of hydrogen-bond acceptors (Lipinski definition) is 11. The standard InChI is InChI=1S/C18H23NO11/c1-19(4-8(21)22)3-6-9-10(13(25)16(28-2)11(6)23)15-17(30-18(9)27)14(26)12(24)7(5-20)29-15/h7,12,14-15,17,20,23-26H,3-5H2,1-2H3,(H,21,22)/t7-,12-,14+,15+,17-/m1/s1. The minimum Gasteiger partial charge on any atom is -0.504 e. The first-order valence-electron chi connectivity index (χ1n) is 9.00. The molecule has 0 spiro atoms. The van der Waals surface area contributed by atoms with E-state index in [1.807, 2.05) is 0 Å². The minimum atomic E-state index is -1.62. The quantitative estimate of drug-likeness (QED) is 0.282. The zero-order chi connectivity index (χ0) is 22.3. The molecule has 2 aliphatic rings. The summed E-state index contributed by atoms with van der Waals surface area (Å²) in [6.45, 7) is -1.29. The SMILES string of the molecule is COc1c(O)c(CN(C)CC(=O)O)c2c(c1O)[C@@H]1O[C@H](CO)[C@@H](O)[C@H](O)[C@H]1OC2=O. The Morgan fingerprint density at radius 2 is 1.87 bits per heavy atom. The lowest BCUT2D eigenvalue weighted by molar-refractivity contribution is -0.235. The highest BCUT2D eigenvalue weighted by Gasteiger charge is 2.53. The van der Waals surface area contributed by atoms with Gasteiger partial charge in [0.05, 0.1) is 25.8 Å². The van der Waals surface area contributed by atoms with Gasteiger partial charge in [0.15, 0.2) is 17.6 Å². The lowest BCUT2D eigenvalue weighted by Crippen LogP contribution is -2.58. The van der Waals surface area contributed by atoms with Crippen molar-refractivity contribution in [2.24, 2.45) is 0 Å². The molecule has 3 rings (SSSR count). The van der Waals surface area contributed by atoms with Crippen LogP contribution < -0.4 is 4.74 Å². The Bertz CT molecular complexity index is 857. The van der Waals surface area contributed by atoms with Crippen molar-refractivity contribution in [3.63, 3.8) is 0 Å². The number of esters is 1.